The number of anilines is 1. The highest BCUT2D eigenvalue weighted by Gasteiger charge is 2.19. The van der Waals surface area contributed by atoms with Crippen LogP contribution in [0.4, 0.5) is 11.4 Å². The molecule has 1 aliphatic heterocycles. The van der Waals surface area contributed by atoms with Crippen molar-refractivity contribution in [2.75, 3.05) is 25.1 Å². The molecule has 1 aromatic carbocycles. The molecule has 1 saturated heterocycles. The van der Waals surface area contributed by atoms with Crippen molar-refractivity contribution in [2.45, 2.75) is 17.9 Å². The van der Waals surface area contributed by atoms with Crippen LogP contribution >= 0.6 is 11.8 Å². The third kappa shape index (κ3) is 3.14. The lowest BCUT2D eigenvalue weighted by molar-refractivity contribution is -0.384. The van der Waals surface area contributed by atoms with Crippen LogP contribution in [-0.2, 0) is 10.5 Å². The Morgan fingerprint density at radius 2 is 2.33 bits per heavy atom. The second-order valence-corrected chi connectivity index (χ2v) is 5.40. The number of rotatable bonds is 6. The number of benzene rings is 1. The highest BCUT2D eigenvalue weighted by Crippen LogP contribution is 2.29. The van der Waals surface area contributed by atoms with Crippen LogP contribution in [0.5, 0.6) is 0 Å². The lowest BCUT2D eigenvalue weighted by Crippen LogP contribution is -2.30. The summed E-state index contributed by atoms with van der Waals surface area (Å²) >= 11 is 1.79. The van der Waals surface area contributed by atoms with Crippen LogP contribution in [-0.4, -0.2) is 29.9 Å². The standard InChI is InChI=1S/C12H16N2O3S/c1-2-13-11-4-3-9(5-12(11)14(15)16)8-18-10-6-17-7-10/h3-5,10,13H,2,6-8H2,1H3. The number of thioether (sulfide) groups is 1. The van der Waals surface area contributed by atoms with E-state index in [9.17, 15) is 10.1 Å². The predicted octanol–water partition coefficient (Wildman–Crippen LogP) is 2.66. The first-order valence-electron chi connectivity index (χ1n) is 5.91. The maximum atomic E-state index is 11.0. The Kier molecular flexibility index (Phi) is 4.43. The fraction of sp³-hybridized carbons (Fsp3) is 0.500. The molecule has 0 radical (unpaired) electrons. The van der Waals surface area contributed by atoms with Gasteiger partial charge in [0.15, 0.2) is 0 Å². The summed E-state index contributed by atoms with van der Waals surface area (Å²) in [5.74, 6) is 0.793. The van der Waals surface area contributed by atoms with Crippen LogP contribution in [0.25, 0.3) is 0 Å². The molecule has 1 aliphatic rings. The lowest BCUT2D eigenvalue weighted by atomic mass is 10.2. The average Bonchev–Trinajstić information content (AvgIpc) is 2.29. The molecule has 0 bridgehead atoms. The van der Waals surface area contributed by atoms with E-state index >= 15 is 0 Å². The molecule has 0 aromatic heterocycles. The van der Waals surface area contributed by atoms with Crippen molar-refractivity contribution in [3.8, 4) is 0 Å². The van der Waals surface area contributed by atoms with E-state index in [1.165, 1.54) is 0 Å². The van der Waals surface area contributed by atoms with E-state index in [2.05, 4.69) is 5.32 Å². The van der Waals surface area contributed by atoms with Gasteiger partial charge < -0.3 is 10.1 Å². The summed E-state index contributed by atoms with van der Waals surface area (Å²) < 4.78 is 5.10. The molecule has 0 unspecified atom stereocenters. The molecular weight excluding hydrogens is 252 g/mol. The molecule has 0 amide bonds. The average molecular weight is 268 g/mol. The van der Waals surface area contributed by atoms with Gasteiger partial charge in [0.1, 0.15) is 5.69 Å². The van der Waals surface area contributed by atoms with Crippen molar-refractivity contribution in [1.82, 2.24) is 0 Å². The minimum atomic E-state index is -0.335. The van der Waals surface area contributed by atoms with Crippen LogP contribution < -0.4 is 5.32 Å². The Hall–Kier alpha value is -1.27. The molecule has 98 valence electrons. The Morgan fingerprint density at radius 1 is 1.56 bits per heavy atom. The summed E-state index contributed by atoms with van der Waals surface area (Å²) in [7, 11) is 0. The normalized spacial score (nSPS) is 15.2. The van der Waals surface area contributed by atoms with E-state index in [1.807, 2.05) is 13.0 Å². The third-order valence-corrected chi connectivity index (χ3v) is 3.96. The molecule has 6 heteroatoms. The van der Waals surface area contributed by atoms with Gasteiger partial charge in [-0.3, -0.25) is 10.1 Å². The van der Waals surface area contributed by atoms with E-state index in [0.717, 1.165) is 24.5 Å². The van der Waals surface area contributed by atoms with Gasteiger partial charge in [0.05, 0.1) is 23.4 Å². The van der Waals surface area contributed by atoms with Crippen LogP contribution in [0.1, 0.15) is 12.5 Å². The SMILES string of the molecule is CCNc1ccc(CSC2COC2)cc1[N+](=O)[O-]. The first-order chi connectivity index (χ1) is 8.70. The molecule has 1 aromatic rings. The highest BCUT2D eigenvalue weighted by atomic mass is 32.2. The monoisotopic (exact) mass is 268 g/mol. The van der Waals surface area contributed by atoms with Crippen molar-refractivity contribution >= 4 is 23.1 Å². The molecule has 0 saturated carbocycles. The second-order valence-electron chi connectivity index (χ2n) is 4.11. The molecule has 18 heavy (non-hydrogen) atoms. The largest absolute Gasteiger partial charge is 0.380 e. The van der Waals surface area contributed by atoms with Gasteiger partial charge in [0.25, 0.3) is 5.69 Å². The van der Waals surface area contributed by atoms with Crippen molar-refractivity contribution in [2.24, 2.45) is 0 Å². The molecule has 1 N–H and O–H groups in total. The Balaban J connectivity index is 2.06. The number of nitro benzene ring substituents is 1. The quantitative estimate of drug-likeness (QED) is 0.634. The summed E-state index contributed by atoms with van der Waals surface area (Å²) in [6, 6.07) is 5.39. The minimum absolute atomic E-state index is 0.153. The molecule has 2 rings (SSSR count). The summed E-state index contributed by atoms with van der Waals surface area (Å²) in [5, 5.41) is 14.5. The number of nitrogens with one attached hydrogen (secondary N) is 1. The Bertz CT molecular complexity index is 435. The van der Waals surface area contributed by atoms with E-state index in [-0.39, 0.29) is 10.6 Å². The van der Waals surface area contributed by atoms with Crippen molar-refractivity contribution in [3.63, 3.8) is 0 Å². The molecular formula is C12H16N2O3S. The maximum absolute atomic E-state index is 11.0. The first kappa shape index (κ1) is 13.2. The zero-order valence-corrected chi connectivity index (χ0v) is 11.0. The minimum Gasteiger partial charge on any atom is -0.380 e. The van der Waals surface area contributed by atoms with Crippen LogP contribution in [0.3, 0.4) is 0 Å². The molecule has 0 atom stereocenters. The molecule has 1 fully saturated rings. The van der Waals surface area contributed by atoms with Crippen molar-refractivity contribution in [1.29, 1.82) is 0 Å². The number of hydrogen-bond donors (Lipinski definition) is 1. The van der Waals surface area contributed by atoms with Gasteiger partial charge in [-0.05, 0) is 18.6 Å². The molecule has 5 nitrogen and oxygen atoms in total. The van der Waals surface area contributed by atoms with Crippen LogP contribution in [0.2, 0.25) is 0 Å². The van der Waals surface area contributed by atoms with Gasteiger partial charge in [-0.1, -0.05) is 6.07 Å². The van der Waals surface area contributed by atoms with Gasteiger partial charge in [-0.25, -0.2) is 0 Å². The number of nitrogens with zero attached hydrogens (tertiary/aromatic N) is 1. The van der Waals surface area contributed by atoms with Gasteiger partial charge >= 0.3 is 0 Å². The smallest absolute Gasteiger partial charge is 0.292 e. The zero-order valence-electron chi connectivity index (χ0n) is 10.2. The van der Waals surface area contributed by atoms with Crippen LogP contribution in [0.15, 0.2) is 18.2 Å². The van der Waals surface area contributed by atoms with E-state index in [4.69, 9.17) is 4.74 Å². The fourth-order valence-electron chi connectivity index (χ4n) is 1.68. The Labute approximate surface area is 110 Å². The van der Waals surface area contributed by atoms with E-state index in [1.54, 1.807) is 23.9 Å². The molecule has 0 aliphatic carbocycles. The number of ether oxygens (including phenoxy) is 1. The predicted molar refractivity (Wildman–Crippen MR) is 73.2 cm³/mol. The summed E-state index contributed by atoms with van der Waals surface area (Å²) in [6.45, 7) is 4.18. The Morgan fingerprint density at radius 3 is 2.89 bits per heavy atom. The van der Waals surface area contributed by atoms with E-state index in [0.29, 0.717) is 17.5 Å². The van der Waals surface area contributed by atoms with Crippen molar-refractivity contribution in [3.05, 3.63) is 33.9 Å². The van der Waals surface area contributed by atoms with Crippen LogP contribution in [0, 0.1) is 10.1 Å². The van der Waals surface area contributed by atoms with Gasteiger partial charge in [-0.15, -0.1) is 11.8 Å². The van der Waals surface area contributed by atoms with Gasteiger partial charge in [-0.2, -0.15) is 0 Å². The first-order valence-corrected chi connectivity index (χ1v) is 6.96. The summed E-state index contributed by atoms with van der Waals surface area (Å²) in [6.07, 6.45) is 0. The fourth-order valence-corrected chi connectivity index (χ4v) is 2.67. The lowest BCUT2D eigenvalue weighted by Gasteiger charge is -2.25. The highest BCUT2D eigenvalue weighted by molar-refractivity contribution is 7.99. The topological polar surface area (TPSA) is 64.4 Å². The molecule has 1 heterocycles. The number of hydrogen-bond acceptors (Lipinski definition) is 5. The van der Waals surface area contributed by atoms with Gasteiger partial charge in [0.2, 0.25) is 0 Å². The van der Waals surface area contributed by atoms with Crippen molar-refractivity contribution < 1.29 is 9.66 Å². The summed E-state index contributed by atoms with van der Waals surface area (Å²) in [5.41, 5.74) is 1.73. The number of nitro groups is 1. The summed E-state index contributed by atoms with van der Waals surface area (Å²) in [4.78, 5) is 10.7. The molecule has 0 spiro atoms. The maximum Gasteiger partial charge on any atom is 0.292 e. The third-order valence-electron chi connectivity index (χ3n) is 2.72. The zero-order chi connectivity index (χ0) is 13.0. The van der Waals surface area contributed by atoms with E-state index < -0.39 is 0 Å². The second kappa shape index (κ2) is 6.06. The van der Waals surface area contributed by atoms with Gasteiger partial charge in [0, 0.05) is 18.4 Å².